The van der Waals surface area contributed by atoms with Gasteiger partial charge in [-0.3, -0.25) is 0 Å². The van der Waals surface area contributed by atoms with E-state index in [0.717, 1.165) is 25.8 Å². The molecule has 0 spiro atoms. The van der Waals surface area contributed by atoms with Crippen LogP contribution in [0.15, 0.2) is 21.6 Å². The third-order valence-electron chi connectivity index (χ3n) is 3.31. The molecular formula is C15H28N2O3S. The van der Waals surface area contributed by atoms with Gasteiger partial charge in [0.2, 0.25) is 5.09 Å². The quantitative estimate of drug-likeness (QED) is 0.674. The van der Waals surface area contributed by atoms with Gasteiger partial charge in [-0.1, -0.05) is 26.7 Å². The van der Waals surface area contributed by atoms with Gasteiger partial charge in [0.25, 0.3) is 10.0 Å². The van der Waals surface area contributed by atoms with Crippen LogP contribution in [-0.2, 0) is 16.6 Å². The number of hydrogen-bond acceptors (Lipinski definition) is 4. The molecule has 5 nitrogen and oxygen atoms in total. The molecule has 0 aliphatic rings. The van der Waals surface area contributed by atoms with E-state index in [0.29, 0.717) is 18.8 Å². The summed E-state index contributed by atoms with van der Waals surface area (Å²) in [4.78, 5) is 0. The summed E-state index contributed by atoms with van der Waals surface area (Å²) in [5.41, 5.74) is 0. The molecule has 122 valence electrons. The van der Waals surface area contributed by atoms with Crippen LogP contribution in [0.3, 0.4) is 0 Å². The van der Waals surface area contributed by atoms with Crippen molar-refractivity contribution in [2.45, 2.75) is 64.6 Å². The fourth-order valence-corrected chi connectivity index (χ4v) is 3.74. The minimum atomic E-state index is -3.55. The lowest BCUT2D eigenvalue weighted by Crippen LogP contribution is -2.37. The van der Waals surface area contributed by atoms with Gasteiger partial charge in [0.15, 0.2) is 0 Å². The van der Waals surface area contributed by atoms with E-state index in [1.165, 1.54) is 4.31 Å². The van der Waals surface area contributed by atoms with Crippen LogP contribution in [-0.4, -0.2) is 31.9 Å². The van der Waals surface area contributed by atoms with Crippen molar-refractivity contribution >= 4 is 10.0 Å². The van der Waals surface area contributed by atoms with Crippen molar-refractivity contribution in [3.05, 3.63) is 17.9 Å². The molecule has 1 rings (SSSR count). The van der Waals surface area contributed by atoms with Gasteiger partial charge in [0, 0.05) is 12.6 Å². The van der Waals surface area contributed by atoms with Crippen molar-refractivity contribution in [3.8, 4) is 0 Å². The zero-order valence-electron chi connectivity index (χ0n) is 13.6. The Morgan fingerprint density at radius 2 is 1.95 bits per heavy atom. The van der Waals surface area contributed by atoms with Gasteiger partial charge in [-0.25, -0.2) is 8.42 Å². The van der Waals surface area contributed by atoms with Crippen LogP contribution < -0.4 is 5.32 Å². The predicted molar refractivity (Wildman–Crippen MR) is 84.6 cm³/mol. The zero-order chi connectivity index (χ0) is 15.9. The normalized spacial score (nSPS) is 12.5. The minimum Gasteiger partial charge on any atom is -0.447 e. The molecule has 0 amide bonds. The van der Waals surface area contributed by atoms with Gasteiger partial charge in [-0.2, -0.15) is 4.31 Å². The monoisotopic (exact) mass is 316 g/mol. The highest BCUT2D eigenvalue weighted by atomic mass is 32.2. The first-order valence-electron chi connectivity index (χ1n) is 7.74. The number of furan rings is 1. The Morgan fingerprint density at radius 1 is 1.24 bits per heavy atom. The Kier molecular flexibility index (Phi) is 7.42. The highest BCUT2D eigenvalue weighted by Gasteiger charge is 2.29. The van der Waals surface area contributed by atoms with Crippen LogP contribution in [0.4, 0.5) is 0 Å². The zero-order valence-corrected chi connectivity index (χ0v) is 14.4. The molecule has 0 aliphatic carbocycles. The number of hydrogen-bond donors (Lipinski definition) is 1. The van der Waals surface area contributed by atoms with Crippen molar-refractivity contribution in [1.29, 1.82) is 0 Å². The number of rotatable bonds is 10. The topological polar surface area (TPSA) is 62.6 Å². The number of nitrogens with one attached hydrogen (secondary N) is 1. The number of unbranched alkanes of at least 4 members (excludes halogenated alkanes) is 2. The average Bonchev–Trinajstić information content (AvgIpc) is 2.90. The second-order valence-electron chi connectivity index (χ2n) is 5.42. The second-order valence-corrected chi connectivity index (χ2v) is 7.24. The van der Waals surface area contributed by atoms with Crippen LogP contribution >= 0.6 is 0 Å². The molecule has 0 radical (unpaired) electrons. The first-order valence-corrected chi connectivity index (χ1v) is 9.18. The van der Waals surface area contributed by atoms with Crippen LogP contribution in [0.25, 0.3) is 0 Å². The Bertz CT molecular complexity index is 509. The van der Waals surface area contributed by atoms with E-state index >= 15 is 0 Å². The van der Waals surface area contributed by atoms with Gasteiger partial charge in [-0.05, 0) is 38.9 Å². The first-order chi connectivity index (χ1) is 9.93. The van der Waals surface area contributed by atoms with Crippen LogP contribution in [0.1, 0.15) is 52.7 Å². The molecule has 1 N–H and O–H groups in total. The van der Waals surface area contributed by atoms with E-state index in [1.54, 1.807) is 12.1 Å². The SMILES string of the molecule is CCCCCN(C(C)C)S(=O)(=O)c1ccc(CNCC)o1. The summed E-state index contributed by atoms with van der Waals surface area (Å²) in [6.07, 6.45) is 2.97. The van der Waals surface area contributed by atoms with E-state index in [-0.39, 0.29) is 11.1 Å². The summed E-state index contributed by atoms with van der Waals surface area (Å²) in [7, 11) is -3.55. The number of nitrogens with zero attached hydrogens (tertiary/aromatic N) is 1. The molecule has 0 saturated heterocycles. The Hall–Kier alpha value is -0.850. The highest BCUT2D eigenvalue weighted by Crippen LogP contribution is 2.21. The summed E-state index contributed by atoms with van der Waals surface area (Å²) in [6, 6.07) is 3.20. The van der Waals surface area contributed by atoms with Crippen LogP contribution in [0.5, 0.6) is 0 Å². The minimum absolute atomic E-state index is 0.0422. The standard InChI is InChI=1S/C15H28N2O3S/c1-5-7-8-11-17(13(3)4)21(18,19)15-10-9-14(20-15)12-16-6-2/h9-10,13,16H,5-8,11-12H2,1-4H3. The smallest absolute Gasteiger partial charge is 0.276 e. The Morgan fingerprint density at radius 3 is 2.52 bits per heavy atom. The summed E-state index contributed by atoms with van der Waals surface area (Å²) in [5.74, 6) is 0.646. The predicted octanol–water partition coefficient (Wildman–Crippen LogP) is 2.98. The van der Waals surface area contributed by atoms with Gasteiger partial charge in [0.05, 0.1) is 6.54 Å². The van der Waals surface area contributed by atoms with Gasteiger partial charge in [-0.15, -0.1) is 0 Å². The first kappa shape index (κ1) is 18.2. The van der Waals surface area contributed by atoms with E-state index in [4.69, 9.17) is 4.42 Å². The molecule has 0 bridgehead atoms. The van der Waals surface area contributed by atoms with Crippen molar-refractivity contribution in [3.63, 3.8) is 0 Å². The third kappa shape index (κ3) is 5.13. The third-order valence-corrected chi connectivity index (χ3v) is 5.26. The van der Waals surface area contributed by atoms with Gasteiger partial charge >= 0.3 is 0 Å². The fraction of sp³-hybridized carbons (Fsp3) is 0.733. The van der Waals surface area contributed by atoms with Crippen molar-refractivity contribution in [2.24, 2.45) is 0 Å². The summed E-state index contributed by atoms with van der Waals surface area (Å²) in [6.45, 7) is 9.79. The molecule has 0 unspecified atom stereocenters. The second kappa shape index (κ2) is 8.56. The van der Waals surface area contributed by atoms with Gasteiger partial charge in [0.1, 0.15) is 5.76 Å². The fourth-order valence-electron chi connectivity index (χ4n) is 2.13. The molecule has 1 aromatic heterocycles. The maximum atomic E-state index is 12.7. The molecule has 1 heterocycles. The lowest BCUT2D eigenvalue weighted by molar-refractivity contribution is 0.324. The van der Waals surface area contributed by atoms with Gasteiger partial charge < -0.3 is 9.73 Å². The van der Waals surface area contributed by atoms with E-state index in [1.807, 2.05) is 20.8 Å². The summed E-state index contributed by atoms with van der Waals surface area (Å²) >= 11 is 0. The Balaban J connectivity index is 2.86. The van der Waals surface area contributed by atoms with Crippen molar-refractivity contribution < 1.29 is 12.8 Å². The Labute approximate surface area is 128 Å². The van der Waals surface area contributed by atoms with Crippen molar-refractivity contribution in [2.75, 3.05) is 13.1 Å². The van der Waals surface area contributed by atoms with Crippen molar-refractivity contribution in [1.82, 2.24) is 9.62 Å². The molecule has 0 aromatic carbocycles. The van der Waals surface area contributed by atoms with Crippen LogP contribution in [0.2, 0.25) is 0 Å². The molecule has 21 heavy (non-hydrogen) atoms. The molecule has 1 aromatic rings. The maximum Gasteiger partial charge on any atom is 0.276 e. The molecule has 6 heteroatoms. The highest BCUT2D eigenvalue weighted by molar-refractivity contribution is 7.89. The maximum absolute atomic E-state index is 12.7. The number of sulfonamides is 1. The van der Waals surface area contributed by atoms with E-state index in [2.05, 4.69) is 12.2 Å². The largest absolute Gasteiger partial charge is 0.447 e. The molecule has 0 saturated carbocycles. The lowest BCUT2D eigenvalue weighted by Gasteiger charge is -2.24. The molecule has 0 atom stereocenters. The summed E-state index contributed by atoms with van der Waals surface area (Å²) < 4.78 is 32.4. The van der Waals surface area contributed by atoms with E-state index < -0.39 is 10.0 Å². The van der Waals surface area contributed by atoms with E-state index in [9.17, 15) is 8.42 Å². The summed E-state index contributed by atoms with van der Waals surface area (Å²) in [5, 5.41) is 3.16. The molecular weight excluding hydrogens is 288 g/mol. The van der Waals surface area contributed by atoms with Crippen LogP contribution in [0, 0.1) is 0 Å². The average molecular weight is 316 g/mol. The molecule has 0 aliphatic heterocycles. The lowest BCUT2D eigenvalue weighted by atomic mass is 10.2. The molecule has 0 fully saturated rings.